The van der Waals surface area contributed by atoms with E-state index < -0.39 is 13.9 Å². The number of rotatable bonds is 39. The summed E-state index contributed by atoms with van der Waals surface area (Å²) >= 11 is 0. The van der Waals surface area contributed by atoms with Crippen LogP contribution in [0.5, 0.6) is 0 Å². The summed E-state index contributed by atoms with van der Waals surface area (Å²) in [5, 5.41) is 0. The van der Waals surface area contributed by atoms with Crippen LogP contribution >= 0.6 is 7.82 Å². The van der Waals surface area contributed by atoms with E-state index in [-0.39, 0.29) is 25.8 Å². The van der Waals surface area contributed by atoms with E-state index in [4.69, 9.17) is 18.5 Å². The van der Waals surface area contributed by atoms with Crippen LogP contribution in [0.4, 0.5) is 0 Å². The van der Waals surface area contributed by atoms with E-state index in [9.17, 15) is 14.3 Å². The topological polar surface area (TPSA) is 94.1 Å². The van der Waals surface area contributed by atoms with E-state index >= 15 is 0 Å². The monoisotopic (exact) mass is 744 g/mol. The first-order valence-electron chi connectivity index (χ1n) is 21.1. The Balaban J connectivity index is 4.26. The molecule has 0 aromatic heterocycles. The van der Waals surface area contributed by atoms with Gasteiger partial charge in [0, 0.05) is 13.0 Å². The summed E-state index contributed by atoms with van der Waals surface area (Å²) in [4.78, 5) is 25.0. The highest BCUT2D eigenvalue weighted by Crippen LogP contribution is 2.38. The number of carbonyl (C=O) groups excluding carboxylic acids is 1. The van der Waals surface area contributed by atoms with Crippen LogP contribution < -0.4 is 4.89 Å². The van der Waals surface area contributed by atoms with E-state index in [0.717, 1.165) is 51.4 Å². The molecular formula is C42H82NO7P. The first-order chi connectivity index (χ1) is 24.6. The first-order valence-corrected chi connectivity index (χ1v) is 22.5. The minimum Gasteiger partial charge on any atom is -0.756 e. The van der Waals surface area contributed by atoms with Gasteiger partial charge in [-0.25, -0.2) is 0 Å². The molecule has 0 aliphatic rings. The van der Waals surface area contributed by atoms with Crippen LogP contribution in [0.15, 0.2) is 24.3 Å². The predicted molar refractivity (Wildman–Crippen MR) is 213 cm³/mol. The van der Waals surface area contributed by atoms with Gasteiger partial charge >= 0.3 is 5.97 Å². The Morgan fingerprint density at radius 1 is 0.608 bits per heavy atom. The lowest BCUT2D eigenvalue weighted by Gasteiger charge is -2.28. The van der Waals surface area contributed by atoms with Crippen LogP contribution in [0, 0.1) is 0 Å². The number of phosphoric acid groups is 1. The Bertz CT molecular complexity index is 874. The van der Waals surface area contributed by atoms with Crippen molar-refractivity contribution in [1.29, 1.82) is 0 Å². The number of allylic oxidation sites excluding steroid dienone is 4. The lowest BCUT2D eigenvalue weighted by molar-refractivity contribution is -0.870. The summed E-state index contributed by atoms with van der Waals surface area (Å²) in [5.74, 6) is -0.337. The van der Waals surface area contributed by atoms with Crippen molar-refractivity contribution in [2.24, 2.45) is 0 Å². The molecular weight excluding hydrogens is 661 g/mol. The lowest BCUT2D eigenvalue weighted by Crippen LogP contribution is -2.37. The van der Waals surface area contributed by atoms with Crippen LogP contribution in [-0.2, 0) is 27.9 Å². The molecule has 0 heterocycles. The number of hydrogen-bond donors (Lipinski definition) is 0. The molecule has 0 aliphatic heterocycles. The van der Waals surface area contributed by atoms with Gasteiger partial charge < -0.3 is 27.9 Å². The second-order valence-corrected chi connectivity index (χ2v) is 16.8. The number of ether oxygens (including phenoxy) is 2. The third-order valence-electron chi connectivity index (χ3n) is 9.01. The van der Waals surface area contributed by atoms with Crippen molar-refractivity contribution in [2.75, 3.05) is 54.1 Å². The highest BCUT2D eigenvalue weighted by Gasteiger charge is 2.20. The molecule has 0 saturated heterocycles. The number of quaternary nitrogens is 1. The number of carbonyl (C=O) groups is 1. The zero-order chi connectivity index (χ0) is 37.7. The smallest absolute Gasteiger partial charge is 0.306 e. The van der Waals surface area contributed by atoms with Crippen LogP contribution in [0.3, 0.4) is 0 Å². The Morgan fingerprint density at radius 2 is 1.08 bits per heavy atom. The van der Waals surface area contributed by atoms with Gasteiger partial charge in [-0.3, -0.25) is 9.36 Å². The number of nitrogens with zero attached hydrogens (tertiary/aromatic N) is 1. The van der Waals surface area contributed by atoms with Gasteiger partial charge in [0.1, 0.15) is 19.3 Å². The van der Waals surface area contributed by atoms with Crippen molar-refractivity contribution in [3.05, 3.63) is 24.3 Å². The van der Waals surface area contributed by atoms with Crippen LogP contribution in [0.1, 0.15) is 181 Å². The Hall–Kier alpha value is -1.02. The summed E-state index contributed by atoms with van der Waals surface area (Å²) in [6, 6.07) is 0. The van der Waals surface area contributed by atoms with E-state index in [1.807, 2.05) is 21.1 Å². The molecule has 0 bridgehead atoms. The fraction of sp³-hybridized carbons (Fsp3) is 0.881. The molecule has 0 radical (unpaired) electrons. The standard InChI is InChI=1S/C42H82NO7P/c1-6-8-10-12-14-16-18-20-21-22-24-26-28-30-32-34-37-47-39-41(40-49-51(45,46)48-38-36-43(3,4)5)50-42(44)35-33-31-29-27-25-23-19-17-15-13-11-9-7-2/h14,16,20-21,41H,6-13,15,17-19,22-40H2,1-5H3/b16-14-,21-20-. The van der Waals surface area contributed by atoms with E-state index in [2.05, 4.69) is 38.2 Å². The van der Waals surface area contributed by atoms with Gasteiger partial charge in [-0.1, -0.05) is 154 Å². The second kappa shape index (κ2) is 36.0. The molecule has 302 valence electrons. The normalized spacial score (nSPS) is 14.1. The second-order valence-electron chi connectivity index (χ2n) is 15.4. The highest BCUT2D eigenvalue weighted by atomic mass is 31.2. The summed E-state index contributed by atoms with van der Waals surface area (Å²) in [6.45, 7) is 5.37. The molecule has 0 aliphatic carbocycles. The summed E-state index contributed by atoms with van der Waals surface area (Å²) in [5.41, 5.74) is 0. The highest BCUT2D eigenvalue weighted by molar-refractivity contribution is 7.45. The summed E-state index contributed by atoms with van der Waals surface area (Å²) in [7, 11) is 1.35. The number of phosphoric ester groups is 1. The molecule has 0 amide bonds. The zero-order valence-electron chi connectivity index (χ0n) is 34.1. The lowest BCUT2D eigenvalue weighted by atomic mass is 10.0. The minimum absolute atomic E-state index is 0.0256. The van der Waals surface area contributed by atoms with Gasteiger partial charge in [0.25, 0.3) is 7.82 Å². The van der Waals surface area contributed by atoms with Gasteiger partial charge in [0.05, 0.1) is 34.4 Å². The van der Waals surface area contributed by atoms with Gasteiger partial charge in [0.2, 0.25) is 0 Å². The average Bonchev–Trinajstić information content (AvgIpc) is 3.08. The minimum atomic E-state index is -4.52. The number of unbranched alkanes of at least 4 members (excludes halogenated alkanes) is 21. The maximum Gasteiger partial charge on any atom is 0.306 e. The van der Waals surface area contributed by atoms with Crippen molar-refractivity contribution in [3.63, 3.8) is 0 Å². The van der Waals surface area contributed by atoms with Crippen molar-refractivity contribution in [3.8, 4) is 0 Å². The Kier molecular flexibility index (Phi) is 35.3. The summed E-state index contributed by atoms with van der Waals surface area (Å²) < 4.78 is 34.5. The molecule has 0 N–H and O–H groups in total. The Morgan fingerprint density at radius 3 is 1.63 bits per heavy atom. The molecule has 0 aromatic rings. The fourth-order valence-electron chi connectivity index (χ4n) is 5.69. The van der Waals surface area contributed by atoms with Gasteiger partial charge in [0.15, 0.2) is 0 Å². The molecule has 0 fully saturated rings. The maximum atomic E-state index is 12.6. The van der Waals surface area contributed by atoms with Gasteiger partial charge in [-0.05, 0) is 44.9 Å². The van der Waals surface area contributed by atoms with Gasteiger partial charge in [-0.15, -0.1) is 0 Å². The fourth-order valence-corrected chi connectivity index (χ4v) is 6.42. The van der Waals surface area contributed by atoms with Crippen molar-refractivity contribution in [2.45, 2.75) is 187 Å². The quantitative estimate of drug-likeness (QED) is 0.0203. The molecule has 0 rings (SSSR count). The van der Waals surface area contributed by atoms with E-state index in [0.29, 0.717) is 24.1 Å². The number of hydrogen-bond acceptors (Lipinski definition) is 7. The van der Waals surface area contributed by atoms with Crippen molar-refractivity contribution in [1.82, 2.24) is 0 Å². The average molecular weight is 744 g/mol. The molecule has 51 heavy (non-hydrogen) atoms. The molecule has 8 nitrogen and oxygen atoms in total. The van der Waals surface area contributed by atoms with Crippen molar-refractivity contribution < 1.29 is 37.3 Å². The first kappa shape index (κ1) is 50.0. The number of esters is 1. The van der Waals surface area contributed by atoms with Crippen molar-refractivity contribution >= 4 is 13.8 Å². The predicted octanol–water partition coefficient (Wildman–Crippen LogP) is 11.4. The van der Waals surface area contributed by atoms with Crippen LogP contribution in [-0.4, -0.2) is 70.7 Å². The molecule has 2 atom stereocenters. The third kappa shape index (κ3) is 40.0. The molecule has 9 heteroatoms. The summed E-state index contributed by atoms with van der Waals surface area (Å²) in [6.07, 6.45) is 38.9. The third-order valence-corrected chi connectivity index (χ3v) is 9.97. The van der Waals surface area contributed by atoms with E-state index in [1.165, 1.54) is 109 Å². The molecule has 0 spiro atoms. The SMILES string of the molecule is CCCCC/C=C\C/C=C\CCCCCCCCOCC(COP(=O)([O-])OCC[N+](C)(C)C)OC(=O)CCCCCCCCCCCCCCC. The molecule has 0 aromatic carbocycles. The van der Waals surface area contributed by atoms with Gasteiger partial charge in [-0.2, -0.15) is 0 Å². The molecule has 2 unspecified atom stereocenters. The van der Waals surface area contributed by atoms with Crippen LogP contribution in [0.25, 0.3) is 0 Å². The largest absolute Gasteiger partial charge is 0.756 e. The molecule has 0 saturated carbocycles. The zero-order valence-corrected chi connectivity index (χ0v) is 35.0. The van der Waals surface area contributed by atoms with E-state index in [1.54, 1.807) is 0 Å². The number of likely N-dealkylation sites (N-methyl/N-ethyl adjacent to an activating group) is 1. The Labute approximate surface area is 315 Å². The maximum absolute atomic E-state index is 12.6. The van der Waals surface area contributed by atoms with Crippen LogP contribution in [0.2, 0.25) is 0 Å².